The molecule has 0 saturated carbocycles. The van der Waals surface area contributed by atoms with E-state index in [2.05, 4.69) is 19.2 Å². The lowest BCUT2D eigenvalue weighted by Crippen LogP contribution is -2.18. The smallest absolute Gasteiger partial charge is 0.337 e. The molecule has 0 heterocycles. The number of ether oxygens (including phenoxy) is 2. The van der Waals surface area contributed by atoms with E-state index in [0.29, 0.717) is 23.9 Å². The molecule has 1 atom stereocenters. The van der Waals surface area contributed by atoms with Gasteiger partial charge in [-0.3, -0.25) is 0 Å². The van der Waals surface area contributed by atoms with Crippen LogP contribution in [0.15, 0.2) is 47.4 Å². The fraction of sp³-hybridized carbons (Fsp3) is 0.409. The van der Waals surface area contributed by atoms with E-state index in [4.69, 9.17) is 14.6 Å². The molecule has 0 aliphatic rings. The molecule has 0 amide bonds. The normalized spacial score (nSPS) is 12.3. The minimum atomic E-state index is -4.17. The number of hydrogen-bond donors (Lipinski definition) is 2. The number of unbranched alkanes of at least 4 members (excludes halogenated alkanes) is 1. The van der Waals surface area contributed by atoms with Crippen molar-refractivity contribution in [2.24, 2.45) is 11.1 Å². The molecule has 0 aliphatic carbocycles. The predicted octanol–water partition coefficient (Wildman–Crippen LogP) is 4.54. The minimum absolute atomic E-state index is 0.0571. The molecule has 0 aliphatic heterocycles. The first-order chi connectivity index (χ1) is 14.3. The van der Waals surface area contributed by atoms with Gasteiger partial charge in [-0.2, -0.15) is 0 Å². The van der Waals surface area contributed by atoms with Crippen LogP contribution in [0.5, 0.6) is 11.5 Å². The maximum atomic E-state index is 12.3. The molecule has 8 heteroatoms. The quantitative estimate of drug-likeness (QED) is 0.503. The fourth-order valence-electron chi connectivity index (χ4n) is 3.09. The molecule has 1 unspecified atom stereocenters. The lowest BCUT2D eigenvalue weighted by atomic mass is 9.99. The molecule has 2 rings (SSSR count). The number of carbonyl (C=O) groups is 1. The molecule has 2 aromatic rings. The first kappa shape index (κ1) is 23.7. The van der Waals surface area contributed by atoms with Crippen molar-refractivity contribution in [1.82, 2.24) is 0 Å². The number of nitrogens with two attached hydrogens (primary N) is 1. The van der Waals surface area contributed by atoms with Crippen LogP contribution in [0, 0.1) is 5.92 Å². The summed E-state index contributed by atoms with van der Waals surface area (Å²) in [5, 5.41) is 8.72. The molecule has 30 heavy (non-hydrogen) atoms. The third-order valence-electron chi connectivity index (χ3n) is 4.87. The number of sulfonamides is 1. The topological polar surface area (TPSA) is 108 Å². The Morgan fingerprint density at radius 2 is 1.87 bits per heavy atom. The highest BCUT2D eigenvalue weighted by Crippen LogP contribution is 2.37. The van der Waals surface area contributed by atoms with Gasteiger partial charge >= 0.3 is 5.97 Å². The third-order valence-corrected chi connectivity index (χ3v) is 5.79. The summed E-state index contributed by atoms with van der Waals surface area (Å²) in [7, 11) is -2.94. The largest absolute Gasteiger partial charge is 0.465 e. The number of primary sulfonamides is 1. The Hall–Kier alpha value is -2.58. The van der Waals surface area contributed by atoms with Crippen molar-refractivity contribution in [2.75, 3.05) is 19.0 Å². The maximum absolute atomic E-state index is 12.3. The van der Waals surface area contributed by atoms with Crippen LogP contribution >= 0.6 is 0 Å². The van der Waals surface area contributed by atoms with Crippen molar-refractivity contribution in [3.63, 3.8) is 0 Å². The summed E-state index contributed by atoms with van der Waals surface area (Å²) >= 11 is 0. The highest BCUT2D eigenvalue weighted by atomic mass is 32.2. The Kier molecular flexibility index (Phi) is 8.68. The van der Waals surface area contributed by atoms with Crippen molar-refractivity contribution in [3.05, 3.63) is 48.0 Å². The monoisotopic (exact) mass is 434 g/mol. The van der Waals surface area contributed by atoms with E-state index >= 15 is 0 Å². The van der Waals surface area contributed by atoms with Gasteiger partial charge in [-0.25, -0.2) is 18.4 Å². The van der Waals surface area contributed by atoms with E-state index in [1.165, 1.54) is 19.2 Å². The number of nitrogens with one attached hydrogen (secondary N) is 1. The first-order valence-corrected chi connectivity index (χ1v) is 11.6. The van der Waals surface area contributed by atoms with Crippen molar-refractivity contribution in [3.8, 4) is 11.5 Å². The molecular weight excluding hydrogens is 404 g/mol. The summed E-state index contributed by atoms with van der Waals surface area (Å²) in [4.78, 5) is 11.8. The van der Waals surface area contributed by atoms with Gasteiger partial charge in [-0.1, -0.05) is 51.3 Å². The van der Waals surface area contributed by atoms with Gasteiger partial charge in [0.2, 0.25) is 10.0 Å². The lowest BCUT2D eigenvalue weighted by Gasteiger charge is -2.20. The van der Waals surface area contributed by atoms with E-state index in [1.807, 2.05) is 6.07 Å². The molecule has 3 N–H and O–H groups in total. The predicted molar refractivity (Wildman–Crippen MR) is 117 cm³/mol. The SMILES string of the molecule is CCCCC(CC)CNc1cc(C(=O)OC)cc(S(N)(=O)=O)c1Oc1ccccc1. The average molecular weight is 435 g/mol. The van der Waals surface area contributed by atoms with Gasteiger partial charge in [-0.15, -0.1) is 0 Å². The Morgan fingerprint density at radius 3 is 2.43 bits per heavy atom. The average Bonchev–Trinajstić information content (AvgIpc) is 2.73. The third kappa shape index (κ3) is 6.47. The van der Waals surface area contributed by atoms with Gasteiger partial charge < -0.3 is 14.8 Å². The van der Waals surface area contributed by atoms with E-state index < -0.39 is 16.0 Å². The second-order valence-corrected chi connectivity index (χ2v) is 8.63. The van der Waals surface area contributed by atoms with Crippen LogP contribution in [-0.4, -0.2) is 28.0 Å². The molecular formula is C22H30N2O5S. The summed E-state index contributed by atoms with van der Waals surface area (Å²) in [6, 6.07) is 11.5. The Bertz CT molecular complexity index is 946. The number of rotatable bonds is 11. The van der Waals surface area contributed by atoms with E-state index in [9.17, 15) is 13.2 Å². The highest BCUT2D eigenvalue weighted by molar-refractivity contribution is 7.89. The van der Waals surface area contributed by atoms with Crippen molar-refractivity contribution < 1.29 is 22.7 Å². The van der Waals surface area contributed by atoms with Crippen LogP contribution in [-0.2, 0) is 14.8 Å². The molecule has 7 nitrogen and oxygen atoms in total. The van der Waals surface area contributed by atoms with Gasteiger partial charge in [0.05, 0.1) is 18.4 Å². The zero-order valence-corrected chi connectivity index (χ0v) is 18.5. The highest BCUT2D eigenvalue weighted by Gasteiger charge is 2.24. The Morgan fingerprint density at radius 1 is 1.17 bits per heavy atom. The van der Waals surface area contributed by atoms with E-state index in [1.54, 1.807) is 24.3 Å². The van der Waals surface area contributed by atoms with Crippen molar-refractivity contribution in [1.29, 1.82) is 0 Å². The lowest BCUT2D eigenvalue weighted by molar-refractivity contribution is 0.0600. The zero-order chi connectivity index (χ0) is 22.1. The summed E-state index contributed by atoms with van der Waals surface area (Å²) in [6.45, 7) is 4.87. The number of carbonyl (C=O) groups excluding carboxylic acids is 1. The first-order valence-electron chi connectivity index (χ1n) is 10.1. The van der Waals surface area contributed by atoms with Gasteiger partial charge in [-0.05, 0) is 36.6 Å². The van der Waals surface area contributed by atoms with E-state index in [-0.39, 0.29) is 16.2 Å². The number of para-hydroxylation sites is 1. The molecule has 0 bridgehead atoms. The molecule has 164 valence electrons. The van der Waals surface area contributed by atoms with E-state index in [0.717, 1.165) is 25.7 Å². The van der Waals surface area contributed by atoms with Gasteiger partial charge in [0.1, 0.15) is 10.6 Å². The summed E-state index contributed by atoms with van der Waals surface area (Å²) in [6.07, 6.45) is 4.23. The molecule has 2 aromatic carbocycles. The second-order valence-electron chi connectivity index (χ2n) is 7.10. The number of benzene rings is 2. The molecule has 0 saturated heterocycles. The van der Waals surface area contributed by atoms with Gasteiger partial charge in [0.15, 0.2) is 5.75 Å². The summed E-state index contributed by atoms with van der Waals surface area (Å²) in [5.41, 5.74) is 0.451. The number of hydrogen-bond acceptors (Lipinski definition) is 6. The maximum Gasteiger partial charge on any atom is 0.337 e. The number of anilines is 1. The molecule has 0 spiro atoms. The molecule has 0 aromatic heterocycles. The molecule has 0 fully saturated rings. The van der Waals surface area contributed by atoms with Gasteiger partial charge in [0.25, 0.3) is 0 Å². The van der Waals surface area contributed by atoms with Crippen LogP contribution in [0.25, 0.3) is 0 Å². The Labute approximate surface area is 178 Å². The van der Waals surface area contributed by atoms with Crippen molar-refractivity contribution >= 4 is 21.7 Å². The van der Waals surface area contributed by atoms with Crippen LogP contribution < -0.4 is 15.2 Å². The minimum Gasteiger partial charge on any atom is -0.465 e. The summed E-state index contributed by atoms with van der Waals surface area (Å²) < 4.78 is 35.3. The van der Waals surface area contributed by atoms with Gasteiger partial charge in [0, 0.05) is 6.54 Å². The standard InChI is InChI=1S/C22H30N2O5S/c1-4-6-10-16(5-2)15-24-19-13-17(22(25)28-3)14-20(30(23,26)27)21(19)29-18-11-8-7-9-12-18/h7-9,11-14,16,24H,4-6,10,15H2,1-3H3,(H2,23,26,27). The number of methoxy groups -OCH3 is 1. The fourth-order valence-corrected chi connectivity index (χ4v) is 3.79. The van der Waals surface area contributed by atoms with Crippen LogP contribution in [0.4, 0.5) is 5.69 Å². The van der Waals surface area contributed by atoms with Crippen molar-refractivity contribution in [2.45, 2.75) is 44.4 Å². The zero-order valence-electron chi connectivity index (χ0n) is 17.7. The van der Waals surface area contributed by atoms with Crippen LogP contribution in [0.1, 0.15) is 49.9 Å². The Balaban J connectivity index is 2.52. The summed E-state index contributed by atoms with van der Waals surface area (Å²) in [5.74, 6) is 0.248. The second kappa shape index (κ2) is 11.0. The molecule has 0 radical (unpaired) electrons. The van der Waals surface area contributed by atoms with Crippen LogP contribution in [0.3, 0.4) is 0 Å². The van der Waals surface area contributed by atoms with Crippen LogP contribution in [0.2, 0.25) is 0 Å². The number of esters is 1.